The van der Waals surface area contributed by atoms with Gasteiger partial charge in [-0.1, -0.05) is 38.1 Å². The van der Waals surface area contributed by atoms with E-state index in [2.05, 4.69) is 21.3 Å². The zero-order valence-corrected chi connectivity index (χ0v) is 29.1. The summed E-state index contributed by atoms with van der Waals surface area (Å²) in [6.45, 7) is 4.15. The number of amides is 4. The first kappa shape index (κ1) is 41.8. The van der Waals surface area contributed by atoms with Crippen LogP contribution in [-0.2, 0) is 35.2 Å². The van der Waals surface area contributed by atoms with Gasteiger partial charge in [0, 0.05) is 6.42 Å². The van der Waals surface area contributed by atoms with Crippen molar-refractivity contribution in [1.29, 1.82) is 0 Å². The van der Waals surface area contributed by atoms with E-state index in [0.717, 1.165) is 0 Å². The molecule has 0 saturated heterocycles. The molecule has 15 nitrogen and oxygen atoms in total. The Morgan fingerprint density at radius 1 is 0.840 bits per heavy atom. The standard InChI is InChI=1S/C35H55N7O8/c1-21(2)24(35(49)50)20-30(44)29(19-22-13-15-23(43)16-14-22)42-34(48)27-10-4-3-9-25(38)31(45)39-26(11-5-7-17-36)32(46)41-28(33(47)40-27)12-6-8-18-37/h3-4,13-16,21,24-29,43H,5-12,17-20,36-38H2,1-2H3,(H,39,45)(H,40,47)(H,41,46)(H,42,48)(H,49,50)/t24-,25-,26-,27-,28-,29-/m0/s1. The molecule has 15 heteroatoms. The summed E-state index contributed by atoms with van der Waals surface area (Å²) in [6, 6.07) is 0.634. The maximum atomic E-state index is 13.9. The van der Waals surface area contributed by atoms with Gasteiger partial charge >= 0.3 is 5.97 Å². The number of benzene rings is 1. The van der Waals surface area contributed by atoms with Crippen LogP contribution in [-0.4, -0.2) is 88.9 Å². The number of unbranched alkanes of at least 4 members (excludes halogenated alkanes) is 2. The second kappa shape index (κ2) is 21.7. The van der Waals surface area contributed by atoms with Gasteiger partial charge < -0.3 is 48.7 Å². The second-order valence-electron chi connectivity index (χ2n) is 13.1. The Hall–Kier alpha value is -4.34. The third-order valence-electron chi connectivity index (χ3n) is 8.68. The predicted octanol–water partition coefficient (Wildman–Crippen LogP) is 0.125. The Morgan fingerprint density at radius 2 is 1.38 bits per heavy atom. The Kier molecular flexibility index (Phi) is 18.1. The number of carbonyl (C=O) groups excluding carboxylic acids is 5. The smallest absolute Gasteiger partial charge is 0.307 e. The van der Waals surface area contributed by atoms with Crippen molar-refractivity contribution >= 4 is 35.4 Å². The van der Waals surface area contributed by atoms with Gasteiger partial charge in [-0.15, -0.1) is 0 Å². The fourth-order valence-corrected chi connectivity index (χ4v) is 5.51. The highest BCUT2D eigenvalue weighted by Crippen LogP contribution is 2.19. The third-order valence-corrected chi connectivity index (χ3v) is 8.68. The predicted molar refractivity (Wildman–Crippen MR) is 187 cm³/mol. The number of carboxylic acid groups (broad SMARTS) is 1. The number of phenols is 1. The van der Waals surface area contributed by atoms with E-state index < -0.39 is 71.5 Å². The number of rotatable bonds is 17. The lowest BCUT2D eigenvalue weighted by Crippen LogP contribution is -2.58. The summed E-state index contributed by atoms with van der Waals surface area (Å²) in [5.41, 5.74) is 18.0. The Bertz CT molecular complexity index is 1320. The van der Waals surface area contributed by atoms with Crippen molar-refractivity contribution in [3.63, 3.8) is 0 Å². The number of Topliss-reactive ketones (excluding diaryl/α,β-unsaturated/α-hetero) is 1. The molecule has 1 aromatic carbocycles. The maximum absolute atomic E-state index is 13.9. The minimum Gasteiger partial charge on any atom is -0.508 e. The first-order valence-electron chi connectivity index (χ1n) is 17.3. The molecule has 0 radical (unpaired) electrons. The van der Waals surface area contributed by atoms with E-state index in [1.807, 2.05) is 0 Å². The maximum Gasteiger partial charge on any atom is 0.307 e. The first-order chi connectivity index (χ1) is 23.8. The van der Waals surface area contributed by atoms with Crippen molar-refractivity contribution in [3.8, 4) is 5.75 Å². The lowest BCUT2D eigenvalue weighted by molar-refractivity contribution is -0.145. The van der Waals surface area contributed by atoms with E-state index in [9.17, 15) is 39.0 Å². The highest BCUT2D eigenvalue weighted by Gasteiger charge is 2.33. The van der Waals surface area contributed by atoms with Crippen LogP contribution < -0.4 is 38.5 Å². The van der Waals surface area contributed by atoms with Crippen LogP contribution in [0.3, 0.4) is 0 Å². The molecular weight excluding hydrogens is 646 g/mol. The molecule has 0 bridgehead atoms. The Balaban J connectivity index is 2.43. The second-order valence-corrected chi connectivity index (χ2v) is 13.1. The van der Waals surface area contributed by atoms with Crippen LogP contribution in [0.2, 0.25) is 0 Å². The lowest BCUT2D eigenvalue weighted by Gasteiger charge is -2.27. The van der Waals surface area contributed by atoms with Gasteiger partial charge in [-0.05, 0) is 94.5 Å². The molecule has 1 aromatic rings. The number of aliphatic carboxylic acids is 1. The summed E-state index contributed by atoms with van der Waals surface area (Å²) in [7, 11) is 0. The zero-order chi connectivity index (χ0) is 37.2. The molecular formula is C35H55N7O8. The number of hydrogen-bond donors (Lipinski definition) is 9. The number of phenolic OH excluding ortho intramolecular Hbond substituents is 1. The fourth-order valence-electron chi connectivity index (χ4n) is 5.51. The van der Waals surface area contributed by atoms with Crippen molar-refractivity contribution in [2.75, 3.05) is 13.1 Å². The van der Waals surface area contributed by atoms with Gasteiger partial charge in [0.25, 0.3) is 0 Å². The number of ketones is 1. The van der Waals surface area contributed by atoms with Crippen LogP contribution in [0.25, 0.3) is 0 Å². The number of carbonyl (C=O) groups is 6. The van der Waals surface area contributed by atoms with Crippen LogP contribution in [0.1, 0.15) is 77.2 Å². The molecule has 1 aliphatic rings. The average Bonchev–Trinajstić information content (AvgIpc) is 3.07. The number of nitrogens with two attached hydrogens (primary N) is 3. The van der Waals surface area contributed by atoms with Crippen molar-refractivity contribution < 1.29 is 39.0 Å². The molecule has 0 saturated carbocycles. The van der Waals surface area contributed by atoms with Crippen LogP contribution in [0.4, 0.5) is 0 Å². The molecule has 278 valence electrons. The minimum atomic E-state index is -1.21. The van der Waals surface area contributed by atoms with E-state index in [4.69, 9.17) is 17.2 Å². The van der Waals surface area contributed by atoms with E-state index in [1.165, 1.54) is 12.1 Å². The minimum absolute atomic E-state index is 0.000918. The molecule has 12 N–H and O–H groups in total. The summed E-state index contributed by atoms with van der Waals surface area (Å²) in [4.78, 5) is 79.4. The quantitative estimate of drug-likeness (QED) is 0.0778. The van der Waals surface area contributed by atoms with Crippen LogP contribution in [0, 0.1) is 11.8 Å². The van der Waals surface area contributed by atoms with Crippen LogP contribution in [0.15, 0.2) is 36.4 Å². The average molecular weight is 702 g/mol. The van der Waals surface area contributed by atoms with Gasteiger partial charge in [-0.25, -0.2) is 0 Å². The molecule has 0 spiro atoms. The van der Waals surface area contributed by atoms with E-state index >= 15 is 0 Å². The SMILES string of the molecule is CC(C)[C@H](CC(=O)[C@H](Cc1ccc(O)cc1)NC(=O)[C@@H]1CC=CC[C@H](N)C(=O)N[C@@H](CCCCN)C(=O)N[C@@H](CCCCN)C(=O)N1)C(=O)O. The van der Waals surface area contributed by atoms with Gasteiger partial charge in [0.1, 0.15) is 23.9 Å². The summed E-state index contributed by atoms with van der Waals surface area (Å²) < 4.78 is 0. The molecule has 1 aliphatic heterocycles. The highest BCUT2D eigenvalue weighted by atomic mass is 16.4. The van der Waals surface area contributed by atoms with E-state index in [0.29, 0.717) is 44.3 Å². The van der Waals surface area contributed by atoms with E-state index in [1.54, 1.807) is 38.1 Å². The molecule has 0 unspecified atom stereocenters. The van der Waals surface area contributed by atoms with Gasteiger partial charge in [-0.2, -0.15) is 0 Å². The fraction of sp³-hybridized carbons (Fsp3) is 0.600. The van der Waals surface area contributed by atoms with Crippen molar-refractivity contribution in [2.45, 2.75) is 108 Å². The number of hydrogen-bond acceptors (Lipinski definition) is 10. The summed E-state index contributed by atoms with van der Waals surface area (Å²) in [5.74, 6) is -5.47. The lowest BCUT2D eigenvalue weighted by atomic mass is 9.87. The van der Waals surface area contributed by atoms with Crippen molar-refractivity contribution in [3.05, 3.63) is 42.0 Å². The van der Waals surface area contributed by atoms with Crippen molar-refractivity contribution in [2.24, 2.45) is 29.0 Å². The Morgan fingerprint density at radius 3 is 1.92 bits per heavy atom. The van der Waals surface area contributed by atoms with Gasteiger partial charge in [-0.3, -0.25) is 28.8 Å². The molecule has 6 atom stereocenters. The van der Waals surface area contributed by atoms with Crippen LogP contribution >= 0.6 is 0 Å². The van der Waals surface area contributed by atoms with Crippen LogP contribution in [0.5, 0.6) is 5.75 Å². The third kappa shape index (κ3) is 14.3. The number of aromatic hydroxyl groups is 1. The zero-order valence-electron chi connectivity index (χ0n) is 29.1. The highest BCUT2D eigenvalue weighted by molar-refractivity contribution is 5.96. The van der Waals surface area contributed by atoms with Crippen molar-refractivity contribution in [1.82, 2.24) is 21.3 Å². The largest absolute Gasteiger partial charge is 0.508 e. The molecule has 0 aliphatic carbocycles. The summed E-state index contributed by atoms with van der Waals surface area (Å²) in [6.07, 6.45) is 5.61. The molecule has 50 heavy (non-hydrogen) atoms. The number of nitrogens with one attached hydrogen (secondary N) is 4. The van der Waals surface area contributed by atoms with Gasteiger partial charge in [0.05, 0.1) is 18.0 Å². The summed E-state index contributed by atoms with van der Waals surface area (Å²) >= 11 is 0. The topological polar surface area (TPSA) is 269 Å². The summed E-state index contributed by atoms with van der Waals surface area (Å²) in [5, 5.41) is 30.3. The first-order valence-corrected chi connectivity index (χ1v) is 17.3. The Labute approximate surface area is 293 Å². The van der Waals surface area contributed by atoms with Gasteiger partial charge in [0.15, 0.2) is 5.78 Å². The molecule has 0 aromatic heterocycles. The normalized spacial score (nSPS) is 21.7. The van der Waals surface area contributed by atoms with E-state index in [-0.39, 0.29) is 50.2 Å². The van der Waals surface area contributed by atoms with Gasteiger partial charge in [0.2, 0.25) is 23.6 Å². The molecule has 0 fully saturated rings. The molecule has 2 rings (SSSR count). The molecule has 4 amide bonds. The molecule has 1 heterocycles. The number of carboxylic acids is 1. The monoisotopic (exact) mass is 701 g/mol.